The number of hydrogen-bond donors (Lipinski definition) is 1. The fourth-order valence-corrected chi connectivity index (χ4v) is 4.56. The molecule has 122 valence electrons. The molecule has 0 saturated carbocycles. The van der Waals surface area contributed by atoms with Crippen LogP contribution in [0, 0.1) is 0 Å². The Morgan fingerprint density at radius 1 is 1.36 bits per heavy atom. The number of benzene rings is 1. The molecule has 1 aromatic carbocycles. The van der Waals surface area contributed by atoms with Crippen molar-refractivity contribution in [3.8, 4) is 5.75 Å². The molecule has 1 N–H and O–H groups in total. The zero-order valence-corrected chi connectivity index (χ0v) is 12.8. The molecule has 1 atom stereocenters. The number of nitrogens with one attached hydrogen (secondary N) is 1. The molecule has 22 heavy (non-hydrogen) atoms. The predicted octanol–water partition coefficient (Wildman–Crippen LogP) is 1.52. The van der Waals surface area contributed by atoms with Gasteiger partial charge in [-0.15, -0.1) is 0 Å². The minimum Gasteiger partial charge on any atom is -0.435 e. The molecule has 1 fully saturated rings. The predicted molar refractivity (Wildman–Crippen MR) is 76.6 cm³/mol. The molecule has 1 aliphatic heterocycles. The lowest BCUT2D eigenvalue weighted by atomic mass is 10.0. The summed E-state index contributed by atoms with van der Waals surface area (Å²) in [7, 11) is -3.09. The topological polar surface area (TPSA) is 72.5 Å². The van der Waals surface area contributed by atoms with Crippen molar-refractivity contribution in [1.82, 2.24) is 5.32 Å². The average molecular weight is 333 g/mol. The van der Waals surface area contributed by atoms with Crippen LogP contribution in [-0.2, 0) is 21.1 Å². The summed E-state index contributed by atoms with van der Waals surface area (Å²) < 4.78 is 51.2. The van der Waals surface area contributed by atoms with Crippen LogP contribution in [0.15, 0.2) is 24.3 Å². The van der Waals surface area contributed by atoms with Crippen molar-refractivity contribution in [3.63, 3.8) is 0 Å². The first-order valence-corrected chi connectivity index (χ1v) is 8.55. The van der Waals surface area contributed by atoms with E-state index in [1.807, 2.05) is 0 Å². The van der Waals surface area contributed by atoms with Gasteiger partial charge in [0.25, 0.3) is 0 Å². The summed E-state index contributed by atoms with van der Waals surface area (Å²) in [6.07, 6.45) is 0.437. The van der Waals surface area contributed by atoms with E-state index in [4.69, 9.17) is 0 Å². The van der Waals surface area contributed by atoms with E-state index in [0.717, 1.165) is 0 Å². The second kappa shape index (κ2) is 6.20. The second-order valence-corrected chi connectivity index (χ2v) is 7.83. The molecule has 1 aliphatic rings. The Morgan fingerprint density at radius 2 is 2.00 bits per heavy atom. The van der Waals surface area contributed by atoms with E-state index >= 15 is 0 Å². The first kappa shape index (κ1) is 16.7. The molecular formula is C14H17F2NO4S. The van der Waals surface area contributed by atoms with Gasteiger partial charge in [-0.25, -0.2) is 8.42 Å². The Balaban J connectivity index is 1.92. The second-order valence-electron chi connectivity index (χ2n) is 5.65. The number of halogens is 2. The molecule has 1 heterocycles. The van der Waals surface area contributed by atoms with Crippen LogP contribution in [-0.4, -0.2) is 38.0 Å². The summed E-state index contributed by atoms with van der Waals surface area (Å²) in [5.74, 6) is -0.272. The first-order valence-electron chi connectivity index (χ1n) is 6.73. The van der Waals surface area contributed by atoms with Gasteiger partial charge >= 0.3 is 6.61 Å². The van der Waals surface area contributed by atoms with Gasteiger partial charge in [0, 0.05) is 0 Å². The van der Waals surface area contributed by atoms with Crippen molar-refractivity contribution < 1.29 is 26.7 Å². The number of carbonyl (C=O) groups excluding carboxylic acids is 1. The monoisotopic (exact) mass is 333 g/mol. The lowest BCUT2D eigenvalue weighted by Crippen LogP contribution is -2.47. The molecule has 0 spiro atoms. The third-order valence-electron chi connectivity index (χ3n) is 3.46. The largest absolute Gasteiger partial charge is 0.435 e. The summed E-state index contributed by atoms with van der Waals surface area (Å²) in [6, 6.07) is 5.75. The number of rotatable bonds is 5. The van der Waals surface area contributed by atoms with E-state index in [2.05, 4.69) is 10.1 Å². The minimum absolute atomic E-state index is 0.0213. The number of sulfone groups is 1. The number of ether oxygens (including phenoxy) is 1. The van der Waals surface area contributed by atoms with E-state index in [9.17, 15) is 22.0 Å². The van der Waals surface area contributed by atoms with Gasteiger partial charge in [0.2, 0.25) is 5.91 Å². The maximum Gasteiger partial charge on any atom is 0.387 e. The van der Waals surface area contributed by atoms with E-state index in [1.165, 1.54) is 24.3 Å². The highest BCUT2D eigenvalue weighted by atomic mass is 32.2. The molecule has 1 unspecified atom stereocenters. The van der Waals surface area contributed by atoms with Gasteiger partial charge in [0.05, 0.1) is 23.5 Å². The standard InChI is InChI=1S/C14H17F2NO4S/c1-14(6-7-22(19,20)9-14)17-12(18)8-10-2-4-11(5-3-10)21-13(15)16/h2-5,13H,6-9H2,1H3,(H,17,18). The molecule has 8 heteroatoms. The van der Waals surface area contributed by atoms with Crippen LogP contribution in [0.2, 0.25) is 0 Å². The Hall–Kier alpha value is -1.70. The van der Waals surface area contributed by atoms with Gasteiger partial charge in [0.15, 0.2) is 9.84 Å². The summed E-state index contributed by atoms with van der Waals surface area (Å²) >= 11 is 0. The summed E-state index contributed by atoms with van der Waals surface area (Å²) in [5, 5.41) is 2.74. The van der Waals surface area contributed by atoms with E-state index in [-0.39, 0.29) is 29.6 Å². The summed E-state index contributed by atoms with van der Waals surface area (Å²) in [6.45, 7) is -1.19. The van der Waals surface area contributed by atoms with E-state index in [0.29, 0.717) is 12.0 Å². The number of amides is 1. The maximum atomic E-state index is 12.0. The van der Waals surface area contributed by atoms with Crippen molar-refractivity contribution in [2.75, 3.05) is 11.5 Å². The Kier molecular flexibility index (Phi) is 4.69. The molecule has 1 saturated heterocycles. The molecule has 0 bridgehead atoms. The molecule has 1 aromatic rings. The van der Waals surface area contributed by atoms with Crippen LogP contribution >= 0.6 is 0 Å². The Bertz CT molecular complexity index is 645. The van der Waals surface area contributed by atoms with Crippen molar-refractivity contribution >= 4 is 15.7 Å². The van der Waals surface area contributed by atoms with Crippen LogP contribution < -0.4 is 10.1 Å². The first-order chi connectivity index (χ1) is 10.2. The van der Waals surface area contributed by atoms with Gasteiger partial charge < -0.3 is 10.1 Å². The summed E-state index contributed by atoms with van der Waals surface area (Å²) in [5.41, 5.74) is -0.113. The van der Waals surface area contributed by atoms with Crippen molar-refractivity contribution in [3.05, 3.63) is 29.8 Å². The van der Waals surface area contributed by atoms with Gasteiger partial charge in [-0.1, -0.05) is 12.1 Å². The zero-order valence-electron chi connectivity index (χ0n) is 12.0. The highest BCUT2D eigenvalue weighted by Crippen LogP contribution is 2.23. The lowest BCUT2D eigenvalue weighted by Gasteiger charge is -2.23. The zero-order chi connectivity index (χ0) is 16.4. The average Bonchev–Trinajstić information content (AvgIpc) is 2.64. The fourth-order valence-electron chi connectivity index (χ4n) is 2.46. The van der Waals surface area contributed by atoms with E-state index in [1.54, 1.807) is 6.92 Å². The Labute approximate surface area is 127 Å². The molecule has 2 rings (SSSR count). The van der Waals surface area contributed by atoms with Crippen LogP contribution in [0.5, 0.6) is 5.75 Å². The number of carbonyl (C=O) groups is 1. The van der Waals surface area contributed by atoms with Crippen molar-refractivity contribution in [2.24, 2.45) is 0 Å². The number of hydrogen-bond acceptors (Lipinski definition) is 4. The Morgan fingerprint density at radius 3 is 2.50 bits per heavy atom. The van der Waals surface area contributed by atoms with Crippen LogP contribution in [0.3, 0.4) is 0 Å². The van der Waals surface area contributed by atoms with Crippen molar-refractivity contribution in [2.45, 2.75) is 31.9 Å². The normalized spacial score (nSPS) is 23.5. The lowest BCUT2D eigenvalue weighted by molar-refractivity contribution is -0.121. The van der Waals surface area contributed by atoms with Gasteiger partial charge in [-0.05, 0) is 31.0 Å². The smallest absolute Gasteiger partial charge is 0.387 e. The molecule has 1 amide bonds. The highest BCUT2D eigenvalue weighted by molar-refractivity contribution is 7.91. The molecule has 0 radical (unpaired) electrons. The molecular weight excluding hydrogens is 316 g/mol. The summed E-state index contributed by atoms with van der Waals surface area (Å²) in [4.78, 5) is 12.0. The molecule has 5 nitrogen and oxygen atoms in total. The fraction of sp³-hybridized carbons (Fsp3) is 0.500. The molecule has 0 aromatic heterocycles. The highest BCUT2D eigenvalue weighted by Gasteiger charge is 2.39. The minimum atomic E-state index is -3.09. The maximum absolute atomic E-state index is 12.0. The van der Waals surface area contributed by atoms with Crippen LogP contribution in [0.25, 0.3) is 0 Å². The van der Waals surface area contributed by atoms with Gasteiger partial charge in [-0.3, -0.25) is 4.79 Å². The molecule has 0 aliphatic carbocycles. The van der Waals surface area contributed by atoms with Crippen LogP contribution in [0.4, 0.5) is 8.78 Å². The SMILES string of the molecule is CC1(NC(=O)Cc2ccc(OC(F)F)cc2)CCS(=O)(=O)C1. The van der Waals surface area contributed by atoms with Gasteiger partial charge in [0.1, 0.15) is 5.75 Å². The van der Waals surface area contributed by atoms with E-state index < -0.39 is 22.0 Å². The van der Waals surface area contributed by atoms with Crippen LogP contribution in [0.1, 0.15) is 18.9 Å². The third-order valence-corrected chi connectivity index (χ3v) is 5.36. The van der Waals surface area contributed by atoms with Crippen molar-refractivity contribution in [1.29, 1.82) is 0 Å². The quantitative estimate of drug-likeness (QED) is 0.887. The number of alkyl halides is 2. The third kappa shape index (κ3) is 4.66. The van der Waals surface area contributed by atoms with Gasteiger partial charge in [-0.2, -0.15) is 8.78 Å².